The third kappa shape index (κ3) is 2.23. The van der Waals surface area contributed by atoms with Gasteiger partial charge in [-0.1, -0.05) is 0 Å². The van der Waals surface area contributed by atoms with Gasteiger partial charge in [-0.2, -0.15) is 43.9 Å². The second kappa shape index (κ2) is 3.92. The van der Waals surface area contributed by atoms with Gasteiger partial charge in [0.05, 0.1) is 23.7 Å². The Hall–Kier alpha value is -0.740. The lowest BCUT2D eigenvalue weighted by Crippen LogP contribution is -2.37. The summed E-state index contributed by atoms with van der Waals surface area (Å²) in [6.07, 6.45) is -22.7. The van der Waals surface area contributed by atoms with Crippen molar-refractivity contribution in [2.24, 2.45) is 23.7 Å². The minimum absolute atomic E-state index is 1.85. The molecule has 1 nitrogen and oxygen atoms in total. The molecule has 118 valence electrons. The number of rotatable bonds is 0. The first-order chi connectivity index (χ1) is 8.68. The first-order valence-corrected chi connectivity index (χ1v) is 5.27. The zero-order valence-electron chi connectivity index (χ0n) is 9.20. The van der Waals surface area contributed by atoms with Crippen LogP contribution in [0.1, 0.15) is 6.42 Å². The monoisotopic (exact) mass is 320 g/mol. The van der Waals surface area contributed by atoms with E-state index >= 15 is 0 Å². The second-order valence-corrected chi connectivity index (χ2v) is 4.81. The van der Waals surface area contributed by atoms with Crippen molar-refractivity contribution in [2.75, 3.05) is 0 Å². The second-order valence-electron chi connectivity index (χ2n) is 4.81. The van der Waals surface area contributed by atoms with Crippen molar-refractivity contribution < 1.29 is 48.6 Å². The van der Waals surface area contributed by atoms with Gasteiger partial charge in [-0.3, -0.25) is 4.74 Å². The third-order valence-corrected chi connectivity index (χ3v) is 3.65. The van der Waals surface area contributed by atoms with E-state index in [9.17, 15) is 43.9 Å². The molecule has 0 aromatic rings. The molecule has 0 N–H and O–H groups in total. The van der Waals surface area contributed by atoms with E-state index in [4.69, 9.17) is 0 Å². The van der Waals surface area contributed by atoms with Crippen LogP contribution in [0.5, 0.6) is 0 Å². The lowest BCUT2D eigenvalue weighted by molar-refractivity contribution is -0.358. The summed E-state index contributed by atoms with van der Waals surface area (Å²) < 4.78 is 131. The molecule has 1 heterocycles. The lowest BCUT2D eigenvalue weighted by atomic mass is 9.87. The van der Waals surface area contributed by atoms with Crippen LogP contribution in [0.4, 0.5) is 43.9 Å². The highest BCUT2D eigenvalue weighted by Crippen LogP contribution is 2.66. The average Bonchev–Trinajstić information content (AvgIpc) is 2.60. The molecule has 0 amide bonds. The fraction of sp³-hybridized carbons (Fsp3) is 1.00. The molecule has 0 aromatic carbocycles. The number of fused-ring (bicyclic) bond motifs is 1. The van der Waals surface area contributed by atoms with Gasteiger partial charge in [0, 0.05) is 0 Å². The Bertz CT molecular complexity index is 361. The minimum atomic E-state index is -5.45. The lowest BCUT2D eigenvalue weighted by Gasteiger charge is -2.24. The average molecular weight is 320 g/mol. The molecule has 0 radical (unpaired) electrons. The van der Waals surface area contributed by atoms with Crippen LogP contribution in [0, 0.1) is 23.7 Å². The summed E-state index contributed by atoms with van der Waals surface area (Å²) in [6.45, 7) is 0. The quantitative estimate of drug-likeness (QED) is 0.608. The highest BCUT2D eigenvalue weighted by Gasteiger charge is 2.79. The van der Waals surface area contributed by atoms with E-state index in [1.54, 1.807) is 0 Å². The Balaban J connectivity index is 2.50. The summed E-state index contributed by atoms with van der Waals surface area (Å²) in [7, 11) is 0. The third-order valence-electron chi connectivity index (χ3n) is 3.65. The number of alkyl halides is 10. The Morgan fingerprint density at radius 2 is 1.00 bits per heavy atom. The zero-order valence-corrected chi connectivity index (χ0v) is 9.20. The van der Waals surface area contributed by atoms with Crippen LogP contribution in [-0.4, -0.2) is 24.6 Å². The SMILES string of the molecule is FC(F)(F)[C@@H]1C[C@H](C(F)(F)F)[C@@H]2[C@H]1C(F)(F)OC2(F)F. The van der Waals surface area contributed by atoms with Crippen LogP contribution in [0.3, 0.4) is 0 Å². The fourth-order valence-corrected chi connectivity index (χ4v) is 2.95. The molecule has 1 saturated heterocycles. The van der Waals surface area contributed by atoms with E-state index in [1.165, 1.54) is 0 Å². The van der Waals surface area contributed by atoms with Crippen LogP contribution in [0.15, 0.2) is 0 Å². The van der Waals surface area contributed by atoms with Crippen molar-refractivity contribution in [1.82, 2.24) is 0 Å². The first kappa shape index (κ1) is 15.6. The smallest absolute Gasteiger partial charge is 0.255 e. The predicted molar refractivity (Wildman–Crippen MR) is 41.7 cm³/mol. The normalized spacial score (nSPS) is 39.9. The molecule has 0 spiro atoms. The summed E-state index contributed by atoms with van der Waals surface area (Å²) in [5, 5.41) is 0. The number of hydrogen-bond donors (Lipinski definition) is 0. The van der Waals surface area contributed by atoms with E-state index < -0.39 is 54.7 Å². The molecule has 0 aromatic heterocycles. The van der Waals surface area contributed by atoms with Gasteiger partial charge < -0.3 is 0 Å². The van der Waals surface area contributed by atoms with Crippen molar-refractivity contribution in [1.29, 1.82) is 0 Å². The van der Waals surface area contributed by atoms with E-state index in [2.05, 4.69) is 4.74 Å². The topological polar surface area (TPSA) is 9.23 Å². The van der Waals surface area contributed by atoms with Crippen molar-refractivity contribution in [3.8, 4) is 0 Å². The van der Waals surface area contributed by atoms with Gasteiger partial charge in [-0.05, 0) is 6.42 Å². The standard InChI is InChI=1S/C9H6F10O/c10-6(11,12)2-1-3(7(13,14)15)5-4(2)8(16,17)20-9(5,18)19/h2-5H,1H2/t2-,3+,4+,5-. The van der Waals surface area contributed by atoms with Gasteiger partial charge >= 0.3 is 24.6 Å². The van der Waals surface area contributed by atoms with Crippen LogP contribution >= 0.6 is 0 Å². The number of ether oxygens (including phenoxy) is 1. The molecular weight excluding hydrogens is 314 g/mol. The van der Waals surface area contributed by atoms with Crippen LogP contribution < -0.4 is 0 Å². The maximum Gasteiger partial charge on any atom is 0.392 e. The van der Waals surface area contributed by atoms with Crippen LogP contribution in [-0.2, 0) is 4.74 Å². The van der Waals surface area contributed by atoms with Crippen LogP contribution in [0.2, 0.25) is 0 Å². The van der Waals surface area contributed by atoms with Gasteiger partial charge in [0.25, 0.3) is 0 Å². The molecular formula is C9H6F10O. The molecule has 2 rings (SSSR count). The van der Waals surface area contributed by atoms with Gasteiger partial charge in [0.15, 0.2) is 0 Å². The molecule has 0 bridgehead atoms. The molecule has 1 aliphatic heterocycles. The molecule has 2 fully saturated rings. The predicted octanol–water partition coefficient (Wildman–Crippen LogP) is 4.20. The van der Waals surface area contributed by atoms with Gasteiger partial charge in [-0.25, -0.2) is 0 Å². The van der Waals surface area contributed by atoms with E-state index in [0.717, 1.165) is 0 Å². The molecule has 0 unspecified atom stereocenters. The van der Waals surface area contributed by atoms with Gasteiger partial charge in [-0.15, -0.1) is 0 Å². The summed E-state index contributed by atoms with van der Waals surface area (Å²) in [5.74, 6) is -12.9. The maximum absolute atomic E-state index is 13.2. The highest BCUT2D eigenvalue weighted by atomic mass is 19.4. The van der Waals surface area contributed by atoms with E-state index in [0.29, 0.717) is 0 Å². The molecule has 2 aliphatic rings. The highest BCUT2D eigenvalue weighted by molar-refractivity contribution is 5.06. The summed E-state index contributed by atoms with van der Waals surface area (Å²) >= 11 is 0. The Kier molecular flexibility index (Phi) is 3.07. The molecule has 4 atom stereocenters. The minimum Gasteiger partial charge on any atom is -0.255 e. The number of hydrogen-bond acceptors (Lipinski definition) is 1. The molecule has 20 heavy (non-hydrogen) atoms. The zero-order chi connectivity index (χ0) is 15.7. The van der Waals surface area contributed by atoms with Crippen molar-refractivity contribution >= 4 is 0 Å². The molecule has 1 aliphatic carbocycles. The summed E-state index contributed by atoms with van der Waals surface area (Å²) in [6, 6.07) is 0. The van der Waals surface area contributed by atoms with Crippen molar-refractivity contribution in [3.05, 3.63) is 0 Å². The Labute approximate surface area is 104 Å². The Morgan fingerprint density at radius 1 is 0.700 bits per heavy atom. The maximum atomic E-state index is 13.2. The Morgan fingerprint density at radius 3 is 1.25 bits per heavy atom. The van der Waals surface area contributed by atoms with Crippen LogP contribution in [0.25, 0.3) is 0 Å². The van der Waals surface area contributed by atoms with Gasteiger partial charge in [0.2, 0.25) is 0 Å². The molecule has 11 heteroatoms. The summed E-state index contributed by atoms with van der Waals surface area (Å²) in [5.41, 5.74) is 0. The largest absolute Gasteiger partial charge is 0.392 e. The van der Waals surface area contributed by atoms with Crippen molar-refractivity contribution in [3.63, 3.8) is 0 Å². The van der Waals surface area contributed by atoms with Gasteiger partial charge in [0.1, 0.15) is 0 Å². The van der Waals surface area contributed by atoms with E-state index in [1.807, 2.05) is 0 Å². The van der Waals surface area contributed by atoms with E-state index in [-0.39, 0.29) is 0 Å². The number of halogens is 10. The molecule has 1 saturated carbocycles. The first-order valence-electron chi connectivity index (χ1n) is 5.27. The summed E-state index contributed by atoms with van der Waals surface area (Å²) in [4.78, 5) is 0. The van der Waals surface area contributed by atoms with Crippen molar-refractivity contribution in [2.45, 2.75) is 31.0 Å². The fourth-order valence-electron chi connectivity index (χ4n) is 2.95.